The lowest BCUT2D eigenvalue weighted by Crippen LogP contribution is -2.01. The number of rotatable bonds is 10. The van der Waals surface area contributed by atoms with Gasteiger partial charge in [-0.25, -0.2) is 15.0 Å². The zero-order valence-electron chi connectivity index (χ0n) is 57.9. The fourth-order valence-electron chi connectivity index (χ4n) is 16.4. The topological polar surface area (TPSA) is 71.5 Å². The van der Waals surface area contributed by atoms with Gasteiger partial charge in [0.15, 0.2) is 17.5 Å². The van der Waals surface area contributed by atoms with E-state index < -0.39 is 0 Å². The second kappa shape index (κ2) is 25.2. The Balaban J connectivity index is 0.000000138. The fourth-order valence-corrected chi connectivity index (χ4v) is 16.4. The van der Waals surface area contributed by atoms with Gasteiger partial charge in [0.2, 0.25) is 0 Å². The molecule has 0 aliphatic carbocycles. The maximum atomic E-state index is 6.36. The number of fused-ring (bicyclic) bond motifs is 15. The Bertz CT molecular complexity index is 7170. The summed E-state index contributed by atoms with van der Waals surface area (Å²) < 4.78 is 15.8. The number of para-hydroxylation sites is 8. The maximum absolute atomic E-state index is 6.36. The van der Waals surface area contributed by atoms with E-state index in [0.29, 0.717) is 17.5 Å². The van der Waals surface area contributed by atoms with Crippen LogP contribution in [0.5, 0.6) is 0 Å². The second-order valence-electron chi connectivity index (χ2n) is 27.4. The normalized spacial score (nSPS) is 11.7. The van der Waals surface area contributed by atoms with Gasteiger partial charge in [0.05, 0.1) is 44.1 Å². The van der Waals surface area contributed by atoms with Gasteiger partial charge < -0.3 is 22.7 Å². The molecule has 0 radical (unpaired) electrons. The lowest BCUT2D eigenvalue weighted by Gasteiger charge is -2.12. The third kappa shape index (κ3) is 10.3. The molecule has 16 aromatic carbocycles. The minimum Gasteiger partial charge on any atom is -0.455 e. The van der Waals surface area contributed by atoms with Gasteiger partial charge in [0.1, 0.15) is 11.2 Å². The first kappa shape index (κ1) is 61.2. The summed E-state index contributed by atoms with van der Waals surface area (Å²) in [5.41, 5.74) is 25.6. The van der Waals surface area contributed by atoms with Crippen molar-refractivity contribution in [3.63, 3.8) is 0 Å². The van der Waals surface area contributed by atoms with Crippen LogP contribution in [0.25, 0.3) is 199 Å². The van der Waals surface area contributed by atoms with Gasteiger partial charge in [0, 0.05) is 98.9 Å². The van der Waals surface area contributed by atoms with Gasteiger partial charge in [-0.05, 0) is 149 Å². The van der Waals surface area contributed by atoms with Crippen LogP contribution in [-0.2, 0) is 0 Å². The predicted octanol–water partition coefficient (Wildman–Crippen LogP) is 25.8. The lowest BCUT2D eigenvalue weighted by molar-refractivity contribution is 0.670. The summed E-state index contributed by atoms with van der Waals surface area (Å²) in [7, 11) is 0. The van der Waals surface area contributed by atoms with Crippen molar-refractivity contribution < 1.29 is 4.42 Å². The average molecular weight is 1370 g/mol. The Morgan fingerprint density at radius 3 is 1.00 bits per heavy atom. The van der Waals surface area contributed by atoms with E-state index >= 15 is 0 Å². The van der Waals surface area contributed by atoms with E-state index in [0.717, 1.165) is 83.4 Å². The molecule has 0 amide bonds. The Morgan fingerprint density at radius 1 is 0.178 bits per heavy atom. The van der Waals surface area contributed by atoms with Crippen LogP contribution in [0.2, 0.25) is 0 Å². The average Bonchev–Trinajstić information content (AvgIpc) is 1.60. The van der Waals surface area contributed by atoms with Crippen LogP contribution in [0.4, 0.5) is 0 Å². The van der Waals surface area contributed by atoms with E-state index in [2.05, 4.69) is 328 Å². The summed E-state index contributed by atoms with van der Waals surface area (Å²) in [5, 5.41) is 12.2. The van der Waals surface area contributed by atoms with E-state index in [1.165, 1.54) is 98.6 Å². The Labute approximate surface area is 615 Å². The van der Waals surface area contributed by atoms with Crippen LogP contribution in [0.3, 0.4) is 0 Å². The van der Waals surface area contributed by atoms with Gasteiger partial charge in [0.25, 0.3) is 0 Å². The molecule has 8 heteroatoms. The lowest BCUT2D eigenvalue weighted by atomic mass is 10.0. The Kier molecular flexibility index (Phi) is 14.4. The molecule has 107 heavy (non-hydrogen) atoms. The number of hydrogen-bond acceptors (Lipinski definition) is 4. The number of benzene rings is 16. The van der Waals surface area contributed by atoms with Gasteiger partial charge in [-0.15, -0.1) is 0 Å². The zero-order valence-corrected chi connectivity index (χ0v) is 57.9. The van der Waals surface area contributed by atoms with Gasteiger partial charge in [-0.2, -0.15) is 0 Å². The molecule has 0 aliphatic rings. The van der Waals surface area contributed by atoms with Gasteiger partial charge in [-0.3, -0.25) is 0 Å². The monoisotopic (exact) mass is 1370 g/mol. The van der Waals surface area contributed by atoms with Gasteiger partial charge >= 0.3 is 0 Å². The maximum Gasteiger partial charge on any atom is 0.164 e. The minimum atomic E-state index is 0.629. The van der Waals surface area contributed by atoms with Crippen LogP contribution in [-0.4, -0.2) is 33.2 Å². The number of aromatic nitrogens is 7. The molecule has 22 rings (SSSR count). The molecular weight excluding hydrogens is 1300 g/mol. The first-order chi connectivity index (χ1) is 53.1. The molecule has 0 bridgehead atoms. The smallest absolute Gasteiger partial charge is 0.164 e. The number of nitrogens with zero attached hydrogens (tertiary/aromatic N) is 7. The highest BCUT2D eigenvalue weighted by atomic mass is 16.3. The SMILES string of the molecule is c1ccc(-c2nc(-c3ccccc3)nc(-c3cccc(-n4c5ccccc5c5ccc(-c6ccc7c(c6)c6ccccc6n7-c6ccccc6)cc54)c3)n2)cc1.c1ccc(-n2c3ccccc3c3cc(-c4ccc5c(c4)c4ccccc4n5-c4ccc(-c5cccc6c5oc5ccccc56)cc4)ccc32)cc1. The summed E-state index contributed by atoms with van der Waals surface area (Å²) in [6, 6.07) is 136. The van der Waals surface area contributed by atoms with Crippen LogP contribution in [0.15, 0.2) is 387 Å². The summed E-state index contributed by atoms with van der Waals surface area (Å²) in [5.74, 6) is 1.92. The highest BCUT2D eigenvalue weighted by Gasteiger charge is 2.22. The summed E-state index contributed by atoms with van der Waals surface area (Å²) in [6.07, 6.45) is 0. The summed E-state index contributed by atoms with van der Waals surface area (Å²) >= 11 is 0. The molecule has 8 nitrogen and oxygen atoms in total. The second-order valence-corrected chi connectivity index (χ2v) is 27.4. The largest absolute Gasteiger partial charge is 0.455 e. The fraction of sp³-hybridized carbons (Fsp3) is 0. The Morgan fingerprint density at radius 2 is 0.505 bits per heavy atom. The molecule has 6 aromatic heterocycles. The van der Waals surface area contributed by atoms with Crippen LogP contribution in [0.1, 0.15) is 0 Å². The molecule has 6 heterocycles. The number of furan rings is 1. The zero-order chi connectivity index (χ0) is 70.5. The highest BCUT2D eigenvalue weighted by Crippen LogP contribution is 2.43. The molecule has 0 aliphatic heterocycles. The van der Waals surface area contributed by atoms with Gasteiger partial charge in [-0.1, -0.05) is 261 Å². The van der Waals surface area contributed by atoms with E-state index in [9.17, 15) is 0 Å². The standard InChI is InChI=1S/C51H33N5.C48H30N2O/c1-4-15-34(16-5-1)49-52-50(35-17-6-2-7-18-35)54-51(53-49)38-19-14-22-40(31-38)56-45-25-12-10-23-41(45)43-29-27-37(33-48(43)56)36-28-30-47-44(32-36)42-24-11-13-26-46(42)55(47)39-20-8-3-9-21-39;1-2-11-34(12-3-1)49-43-18-7-4-13-37(43)41-29-32(23-27-45(41)49)33-24-28-46-42(30-33)38-14-5-8-19-44(38)50(46)35-25-21-31(22-26-35)36-16-10-17-40-39-15-6-9-20-47(39)51-48(36)40/h1-33H;1-30H. The first-order valence-electron chi connectivity index (χ1n) is 36.3. The van der Waals surface area contributed by atoms with E-state index in [4.69, 9.17) is 19.4 Å². The van der Waals surface area contributed by atoms with Crippen LogP contribution < -0.4 is 0 Å². The van der Waals surface area contributed by atoms with Crippen molar-refractivity contribution in [2.75, 3.05) is 0 Å². The van der Waals surface area contributed by atoms with Crippen molar-refractivity contribution in [2.24, 2.45) is 0 Å². The molecule has 0 N–H and O–H groups in total. The third-order valence-corrected chi connectivity index (χ3v) is 21.3. The van der Waals surface area contributed by atoms with Crippen molar-refractivity contribution >= 4 is 109 Å². The molecule has 0 atom stereocenters. The van der Waals surface area contributed by atoms with Crippen molar-refractivity contribution in [1.82, 2.24) is 33.2 Å². The first-order valence-corrected chi connectivity index (χ1v) is 36.3. The van der Waals surface area contributed by atoms with Crippen LogP contribution >= 0.6 is 0 Å². The molecule has 0 saturated carbocycles. The molecule has 0 spiro atoms. The van der Waals surface area contributed by atoms with E-state index in [-0.39, 0.29) is 0 Å². The summed E-state index contributed by atoms with van der Waals surface area (Å²) in [4.78, 5) is 15.0. The van der Waals surface area contributed by atoms with Crippen molar-refractivity contribution in [1.29, 1.82) is 0 Å². The van der Waals surface area contributed by atoms with Crippen LogP contribution in [0, 0.1) is 0 Å². The highest BCUT2D eigenvalue weighted by molar-refractivity contribution is 6.15. The third-order valence-electron chi connectivity index (χ3n) is 21.3. The van der Waals surface area contributed by atoms with Crippen molar-refractivity contribution in [3.05, 3.63) is 382 Å². The molecular formula is C99H63N7O. The molecule has 0 fully saturated rings. The summed E-state index contributed by atoms with van der Waals surface area (Å²) in [6.45, 7) is 0. The van der Waals surface area contributed by atoms with Crippen molar-refractivity contribution in [3.8, 4) is 90.3 Å². The molecule has 0 saturated heterocycles. The van der Waals surface area contributed by atoms with Crippen molar-refractivity contribution in [2.45, 2.75) is 0 Å². The Hall–Kier alpha value is -14.5. The molecule has 0 unspecified atom stereocenters. The molecule has 500 valence electrons. The predicted molar refractivity (Wildman–Crippen MR) is 444 cm³/mol. The quantitative estimate of drug-likeness (QED) is 0.137. The molecule has 22 aromatic rings. The van der Waals surface area contributed by atoms with E-state index in [1.807, 2.05) is 72.8 Å². The number of hydrogen-bond donors (Lipinski definition) is 0. The minimum absolute atomic E-state index is 0.629. The van der Waals surface area contributed by atoms with E-state index in [1.54, 1.807) is 0 Å².